The van der Waals surface area contributed by atoms with Gasteiger partial charge in [-0.15, -0.1) is 0 Å². The van der Waals surface area contributed by atoms with Crippen molar-refractivity contribution in [2.45, 2.75) is 38.6 Å². The zero-order valence-electron chi connectivity index (χ0n) is 14.5. The van der Waals surface area contributed by atoms with Crippen LogP contribution in [-0.2, 0) is 12.8 Å². The minimum atomic E-state index is 0.297. The maximum absolute atomic E-state index is 10.9. The topological polar surface area (TPSA) is 32.7 Å². The van der Waals surface area contributed by atoms with Gasteiger partial charge in [-0.1, -0.05) is 37.6 Å². The van der Waals surface area contributed by atoms with Gasteiger partial charge in [0, 0.05) is 18.2 Å². The molecule has 0 radical (unpaired) electrons. The summed E-state index contributed by atoms with van der Waals surface area (Å²) < 4.78 is 5.46. The number of phenolic OH excluding ortho intramolecular Hbond substituents is 1. The van der Waals surface area contributed by atoms with Gasteiger partial charge < -0.3 is 9.84 Å². The third-order valence-corrected chi connectivity index (χ3v) is 5.55. The summed E-state index contributed by atoms with van der Waals surface area (Å²) in [7, 11) is 1.64. The average Bonchev–Trinajstić information content (AvgIpc) is 2.62. The SMILES string of the molecule is CCCCN1CCc2cc(OC)c(O)c3c2C1Cc1ccccc1-3. The van der Waals surface area contributed by atoms with E-state index in [1.54, 1.807) is 7.11 Å². The maximum Gasteiger partial charge on any atom is 0.166 e. The van der Waals surface area contributed by atoms with Crippen LogP contribution in [0.2, 0.25) is 0 Å². The highest BCUT2D eigenvalue weighted by Gasteiger charge is 2.36. The Labute approximate surface area is 143 Å². The van der Waals surface area contributed by atoms with Crippen molar-refractivity contribution in [3.05, 3.63) is 47.0 Å². The molecule has 0 saturated carbocycles. The first-order valence-electron chi connectivity index (χ1n) is 8.99. The highest BCUT2D eigenvalue weighted by molar-refractivity contribution is 5.83. The Kier molecular flexibility index (Phi) is 3.97. The molecule has 1 unspecified atom stereocenters. The number of methoxy groups -OCH3 is 1. The molecule has 1 N–H and O–H groups in total. The average molecular weight is 323 g/mol. The summed E-state index contributed by atoms with van der Waals surface area (Å²) >= 11 is 0. The molecule has 1 aliphatic carbocycles. The third kappa shape index (κ3) is 2.30. The van der Waals surface area contributed by atoms with E-state index in [4.69, 9.17) is 4.74 Å². The largest absolute Gasteiger partial charge is 0.504 e. The normalized spacial score (nSPS) is 18.8. The van der Waals surface area contributed by atoms with Crippen molar-refractivity contribution >= 4 is 0 Å². The van der Waals surface area contributed by atoms with Gasteiger partial charge in [0.2, 0.25) is 0 Å². The summed E-state index contributed by atoms with van der Waals surface area (Å²) in [6, 6.07) is 10.9. The van der Waals surface area contributed by atoms with Crippen molar-refractivity contribution in [2.75, 3.05) is 20.2 Å². The highest BCUT2D eigenvalue weighted by Crippen LogP contribution is 2.51. The Balaban J connectivity index is 1.91. The van der Waals surface area contributed by atoms with Gasteiger partial charge in [-0.2, -0.15) is 0 Å². The van der Waals surface area contributed by atoms with E-state index in [2.05, 4.69) is 36.1 Å². The molecule has 4 rings (SSSR count). The number of fused-ring (bicyclic) bond motifs is 2. The van der Waals surface area contributed by atoms with Crippen molar-refractivity contribution in [1.29, 1.82) is 0 Å². The smallest absolute Gasteiger partial charge is 0.166 e. The first-order chi connectivity index (χ1) is 11.7. The molecule has 2 aliphatic rings. The number of ether oxygens (including phenoxy) is 1. The summed E-state index contributed by atoms with van der Waals surface area (Å²) in [5.41, 5.74) is 6.16. The quantitative estimate of drug-likeness (QED) is 0.909. The predicted molar refractivity (Wildman–Crippen MR) is 96.7 cm³/mol. The van der Waals surface area contributed by atoms with Crippen molar-refractivity contribution in [1.82, 2.24) is 4.90 Å². The van der Waals surface area contributed by atoms with Crippen LogP contribution in [0.4, 0.5) is 0 Å². The second-order valence-electron chi connectivity index (χ2n) is 6.89. The van der Waals surface area contributed by atoms with E-state index in [0.29, 0.717) is 17.5 Å². The number of aromatic hydroxyl groups is 1. The van der Waals surface area contributed by atoms with Crippen LogP contribution in [0.3, 0.4) is 0 Å². The number of nitrogens with zero attached hydrogens (tertiary/aromatic N) is 1. The molecule has 3 heteroatoms. The first-order valence-corrected chi connectivity index (χ1v) is 8.99. The minimum Gasteiger partial charge on any atom is -0.504 e. The standard InChI is InChI=1S/C21H25NO2/c1-3-4-10-22-11-9-15-13-18(24-2)21(23)20-16-8-6-5-7-14(16)12-17(22)19(15)20/h5-8,13,17,23H,3-4,9-12H2,1-2H3. The van der Waals surface area contributed by atoms with Crippen LogP contribution in [0, 0.1) is 0 Å². The highest BCUT2D eigenvalue weighted by atomic mass is 16.5. The fraction of sp³-hybridized carbons (Fsp3) is 0.429. The van der Waals surface area contributed by atoms with E-state index < -0.39 is 0 Å². The van der Waals surface area contributed by atoms with Gasteiger partial charge in [0.1, 0.15) is 0 Å². The zero-order valence-corrected chi connectivity index (χ0v) is 14.5. The van der Waals surface area contributed by atoms with Crippen LogP contribution in [0.25, 0.3) is 11.1 Å². The predicted octanol–water partition coefficient (Wildman–Crippen LogP) is 4.32. The fourth-order valence-electron chi connectivity index (χ4n) is 4.34. The molecule has 3 nitrogen and oxygen atoms in total. The van der Waals surface area contributed by atoms with E-state index >= 15 is 0 Å². The Morgan fingerprint density at radius 1 is 1.25 bits per heavy atom. The lowest BCUT2D eigenvalue weighted by molar-refractivity contribution is 0.179. The number of unbranched alkanes of at least 4 members (excludes halogenated alkanes) is 1. The summed E-state index contributed by atoms with van der Waals surface area (Å²) in [6.45, 7) is 4.47. The van der Waals surface area contributed by atoms with Gasteiger partial charge in [-0.25, -0.2) is 0 Å². The summed E-state index contributed by atoms with van der Waals surface area (Å²) in [6.07, 6.45) is 4.51. The number of hydrogen-bond acceptors (Lipinski definition) is 3. The summed E-state index contributed by atoms with van der Waals surface area (Å²) in [5, 5.41) is 10.9. The van der Waals surface area contributed by atoms with Crippen molar-refractivity contribution in [3.63, 3.8) is 0 Å². The molecule has 0 amide bonds. The number of phenols is 1. The lowest BCUT2D eigenvalue weighted by Gasteiger charge is -2.42. The molecule has 0 fully saturated rings. The number of hydrogen-bond donors (Lipinski definition) is 1. The van der Waals surface area contributed by atoms with Crippen molar-refractivity contribution in [2.24, 2.45) is 0 Å². The molecule has 1 atom stereocenters. The molecular weight excluding hydrogens is 298 g/mol. The monoisotopic (exact) mass is 323 g/mol. The van der Waals surface area contributed by atoms with Crippen LogP contribution in [0.1, 0.15) is 42.5 Å². The van der Waals surface area contributed by atoms with Gasteiger partial charge in [0.25, 0.3) is 0 Å². The molecule has 0 saturated heterocycles. The van der Waals surface area contributed by atoms with E-state index in [0.717, 1.165) is 31.5 Å². The van der Waals surface area contributed by atoms with E-state index in [1.807, 2.05) is 6.07 Å². The van der Waals surface area contributed by atoms with E-state index in [9.17, 15) is 5.11 Å². The Bertz CT molecular complexity index is 769. The molecule has 1 heterocycles. The Morgan fingerprint density at radius 3 is 2.88 bits per heavy atom. The van der Waals surface area contributed by atoms with Crippen molar-refractivity contribution in [3.8, 4) is 22.6 Å². The van der Waals surface area contributed by atoms with Crippen LogP contribution in [-0.4, -0.2) is 30.2 Å². The van der Waals surface area contributed by atoms with Crippen molar-refractivity contribution < 1.29 is 9.84 Å². The third-order valence-electron chi connectivity index (χ3n) is 5.55. The molecular formula is C21H25NO2. The molecule has 24 heavy (non-hydrogen) atoms. The van der Waals surface area contributed by atoms with Crippen LogP contribution >= 0.6 is 0 Å². The molecule has 2 aromatic carbocycles. The van der Waals surface area contributed by atoms with Gasteiger partial charge in [-0.3, -0.25) is 4.90 Å². The summed E-state index contributed by atoms with van der Waals surface area (Å²) in [5.74, 6) is 0.895. The van der Waals surface area contributed by atoms with Crippen LogP contribution in [0.5, 0.6) is 11.5 Å². The number of rotatable bonds is 4. The second-order valence-corrected chi connectivity index (χ2v) is 6.89. The van der Waals surface area contributed by atoms with E-state index in [1.165, 1.54) is 35.1 Å². The van der Waals surface area contributed by atoms with Crippen LogP contribution in [0.15, 0.2) is 30.3 Å². The number of benzene rings is 2. The lowest BCUT2D eigenvalue weighted by Crippen LogP contribution is -2.39. The van der Waals surface area contributed by atoms with Gasteiger partial charge in [0.05, 0.1) is 7.11 Å². The molecule has 126 valence electrons. The molecule has 0 aromatic heterocycles. The second kappa shape index (κ2) is 6.14. The summed E-state index contributed by atoms with van der Waals surface area (Å²) in [4.78, 5) is 2.61. The van der Waals surface area contributed by atoms with Gasteiger partial charge >= 0.3 is 0 Å². The fourth-order valence-corrected chi connectivity index (χ4v) is 4.34. The molecule has 0 spiro atoms. The van der Waals surface area contributed by atoms with E-state index in [-0.39, 0.29) is 0 Å². The maximum atomic E-state index is 10.9. The van der Waals surface area contributed by atoms with Gasteiger partial charge in [-0.05, 0) is 54.1 Å². The zero-order chi connectivity index (χ0) is 16.7. The lowest BCUT2D eigenvalue weighted by atomic mass is 9.76. The van der Waals surface area contributed by atoms with Gasteiger partial charge in [0.15, 0.2) is 11.5 Å². The molecule has 2 aromatic rings. The Morgan fingerprint density at radius 2 is 2.08 bits per heavy atom. The molecule has 1 aliphatic heterocycles. The first kappa shape index (κ1) is 15.5. The molecule has 0 bridgehead atoms. The Hall–Kier alpha value is -2.00. The minimum absolute atomic E-state index is 0.297. The van der Waals surface area contributed by atoms with Crippen LogP contribution < -0.4 is 4.74 Å².